The average Bonchev–Trinajstić information content (AvgIpc) is 2.21. The quantitative estimate of drug-likeness (QED) is 0.645. The summed E-state index contributed by atoms with van der Waals surface area (Å²) in [7, 11) is -1.46. The Bertz CT molecular complexity index is 239. The van der Waals surface area contributed by atoms with Gasteiger partial charge in [0, 0.05) is 13.2 Å². The summed E-state index contributed by atoms with van der Waals surface area (Å²) in [5.74, 6) is 0.334. The summed E-state index contributed by atoms with van der Waals surface area (Å²) in [6.07, 6.45) is 1.86. The first kappa shape index (κ1) is 14.9. The molecule has 0 aromatic rings. The molecule has 0 aliphatic rings. The minimum Gasteiger partial charge on any atom is -0.384 e. The first-order valence-corrected chi connectivity index (χ1v) is 7.30. The van der Waals surface area contributed by atoms with Gasteiger partial charge in [-0.05, 0) is 19.4 Å². The molecule has 5 heteroatoms. The SMILES string of the molecule is CCCNC(CC)CS(=O)(=O)CCOC. The fourth-order valence-electron chi connectivity index (χ4n) is 1.27. The minimum atomic E-state index is -2.97. The van der Waals surface area contributed by atoms with E-state index in [1.54, 1.807) is 0 Å². The van der Waals surface area contributed by atoms with E-state index in [0.29, 0.717) is 0 Å². The van der Waals surface area contributed by atoms with E-state index >= 15 is 0 Å². The lowest BCUT2D eigenvalue weighted by atomic mass is 10.2. The van der Waals surface area contributed by atoms with Crippen LogP contribution in [-0.4, -0.2) is 46.2 Å². The van der Waals surface area contributed by atoms with Crippen molar-refractivity contribution in [2.24, 2.45) is 0 Å². The van der Waals surface area contributed by atoms with Crippen molar-refractivity contribution in [2.75, 3.05) is 31.8 Å². The lowest BCUT2D eigenvalue weighted by Crippen LogP contribution is -2.36. The molecule has 92 valence electrons. The highest BCUT2D eigenvalue weighted by molar-refractivity contribution is 7.91. The van der Waals surface area contributed by atoms with Gasteiger partial charge in [-0.1, -0.05) is 13.8 Å². The lowest BCUT2D eigenvalue weighted by Gasteiger charge is -2.16. The van der Waals surface area contributed by atoms with Gasteiger partial charge in [-0.3, -0.25) is 0 Å². The summed E-state index contributed by atoms with van der Waals surface area (Å²) < 4.78 is 28.0. The highest BCUT2D eigenvalue weighted by atomic mass is 32.2. The van der Waals surface area contributed by atoms with Crippen molar-refractivity contribution in [1.29, 1.82) is 0 Å². The monoisotopic (exact) mass is 237 g/mol. The van der Waals surface area contributed by atoms with E-state index in [2.05, 4.69) is 12.2 Å². The average molecular weight is 237 g/mol. The summed E-state index contributed by atoms with van der Waals surface area (Å²) in [5.41, 5.74) is 0. The summed E-state index contributed by atoms with van der Waals surface area (Å²) >= 11 is 0. The number of ether oxygens (including phenoxy) is 1. The second kappa shape index (κ2) is 8.07. The van der Waals surface area contributed by atoms with Crippen LogP contribution in [0.2, 0.25) is 0 Å². The Labute approximate surface area is 93.3 Å². The van der Waals surface area contributed by atoms with Crippen LogP contribution in [0.15, 0.2) is 0 Å². The van der Waals surface area contributed by atoms with Crippen molar-refractivity contribution in [1.82, 2.24) is 5.32 Å². The van der Waals surface area contributed by atoms with Gasteiger partial charge in [0.1, 0.15) is 0 Å². The van der Waals surface area contributed by atoms with Crippen LogP contribution in [0.3, 0.4) is 0 Å². The van der Waals surface area contributed by atoms with Crippen molar-refractivity contribution in [3.05, 3.63) is 0 Å². The third-order valence-electron chi connectivity index (χ3n) is 2.23. The van der Waals surface area contributed by atoms with Gasteiger partial charge in [-0.2, -0.15) is 0 Å². The van der Waals surface area contributed by atoms with Crippen molar-refractivity contribution in [3.8, 4) is 0 Å². The molecule has 1 atom stereocenters. The van der Waals surface area contributed by atoms with Gasteiger partial charge >= 0.3 is 0 Å². The summed E-state index contributed by atoms with van der Waals surface area (Å²) in [6, 6.07) is 0.0757. The third kappa shape index (κ3) is 7.76. The third-order valence-corrected chi connectivity index (χ3v) is 3.93. The van der Waals surface area contributed by atoms with Crippen LogP contribution in [0.5, 0.6) is 0 Å². The number of sulfone groups is 1. The van der Waals surface area contributed by atoms with Crippen molar-refractivity contribution in [3.63, 3.8) is 0 Å². The molecule has 1 N–H and O–H groups in total. The van der Waals surface area contributed by atoms with E-state index < -0.39 is 9.84 Å². The molecule has 0 spiro atoms. The molecule has 0 rings (SSSR count). The fraction of sp³-hybridized carbons (Fsp3) is 1.00. The van der Waals surface area contributed by atoms with Gasteiger partial charge < -0.3 is 10.1 Å². The van der Waals surface area contributed by atoms with Gasteiger partial charge in [-0.25, -0.2) is 8.42 Å². The predicted octanol–water partition coefficient (Wildman–Crippen LogP) is 0.826. The van der Waals surface area contributed by atoms with Gasteiger partial charge in [0.05, 0.1) is 18.1 Å². The summed E-state index contributed by atoms with van der Waals surface area (Å²) in [5, 5.41) is 3.23. The number of nitrogens with one attached hydrogen (secondary N) is 1. The molecule has 0 saturated heterocycles. The number of hydrogen-bond donors (Lipinski definition) is 1. The van der Waals surface area contributed by atoms with Crippen LogP contribution in [-0.2, 0) is 14.6 Å². The molecule has 4 nitrogen and oxygen atoms in total. The van der Waals surface area contributed by atoms with Crippen molar-refractivity contribution in [2.45, 2.75) is 32.7 Å². The lowest BCUT2D eigenvalue weighted by molar-refractivity contribution is 0.217. The Balaban J connectivity index is 4.03. The molecule has 0 aromatic heterocycles. The highest BCUT2D eigenvalue weighted by Gasteiger charge is 2.16. The second-order valence-corrected chi connectivity index (χ2v) is 5.90. The maximum atomic E-state index is 11.6. The second-order valence-electron chi connectivity index (χ2n) is 3.67. The number of hydrogen-bond acceptors (Lipinski definition) is 4. The van der Waals surface area contributed by atoms with Gasteiger partial charge in [-0.15, -0.1) is 0 Å². The molecule has 0 radical (unpaired) electrons. The van der Waals surface area contributed by atoms with Crippen LogP contribution in [0.25, 0.3) is 0 Å². The van der Waals surface area contributed by atoms with E-state index in [-0.39, 0.29) is 24.2 Å². The molecule has 0 amide bonds. The zero-order valence-corrected chi connectivity index (χ0v) is 10.8. The summed E-state index contributed by atoms with van der Waals surface area (Å²) in [4.78, 5) is 0. The largest absolute Gasteiger partial charge is 0.384 e. The van der Waals surface area contributed by atoms with Crippen LogP contribution >= 0.6 is 0 Å². The van der Waals surface area contributed by atoms with Crippen LogP contribution in [0.4, 0.5) is 0 Å². The molecule has 0 heterocycles. The van der Waals surface area contributed by atoms with Crippen LogP contribution in [0.1, 0.15) is 26.7 Å². The molecule has 1 unspecified atom stereocenters. The normalized spacial score (nSPS) is 14.1. The smallest absolute Gasteiger partial charge is 0.154 e. The molecular formula is C10H23NO3S. The van der Waals surface area contributed by atoms with E-state index in [4.69, 9.17) is 4.74 Å². The molecule has 0 fully saturated rings. The zero-order valence-electron chi connectivity index (χ0n) is 9.95. The first-order chi connectivity index (χ1) is 7.05. The Morgan fingerprint density at radius 1 is 1.33 bits per heavy atom. The van der Waals surface area contributed by atoms with Crippen LogP contribution < -0.4 is 5.32 Å². The first-order valence-electron chi connectivity index (χ1n) is 5.48. The molecule has 0 aliphatic heterocycles. The topological polar surface area (TPSA) is 55.4 Å². The molecular weight excluding hydrogens is 214 g/mol. The van der Waals surface area contributed by atoms with Crippen molar-refractivity contribution < 1.29 is 13.2 Å². The molecule has 0 aliphatic carbocycles. The Kier molecular flexibility index (Phi) is 8.00. The highest BCUT2D eigenvalue weighted by Crippen LogP contribution is 1.99. The van der Waals surface area contributed by atoms with E-state index in [1.165, 1.54) is 7.11 Å². The Morgan fingerprint density at radius 2 is 2.00 bits per heavy atom. The Hall–Kier alpha value is -0.130. The van der Waals surface area contributed by atoms with E-state index in [0.717, 1.165) is 19.4 Å². The fourth-order valence-corrected chi connectivity index (χ4v) is 2.82. The zero-order chi connectivity index (χ0) is 11.7. The Morgan fingerprint density at radius 3 is 2.47 bits per heavy atom. The van der Waals surface area contributed by atoms with Gasteiger partial charge in [0.2, 0.25) is 0 Å². The maximum Gasteiger partial charge on any atom is 0.154 e. The predicted molar refractivity (Wildman–Crippen MR) is 62.9 cm³/mol. The standard InChI is InChI=1S/C10H23NO3S/c1-4-6-11-10(5-2)9-15(12,13)8-7-14-3/h10-11H,4-9H2,1-3H3. The van der Waals surface area contributed by atoms with E-state index in [9.17, 15) is 8.42 Å². The molecule has 0 aromatic carbocycles. The van der Waals surface area contributed by atoms with E-state index in [1.807, 2.05) is 6.92 Å². The van der Waals surface area contributed by atoms with Gasteiger partial charge in [0.25, 0.3) is 0 Å². The van der Waals surface area contributed by atoms with Gasteiger partial charge in [0.15, 0.2) is 9.84 Å². The molecule has 0 bridgehead atoms. The maximum absolute atomic E-state index is 11.6. The summed E-state index contributed by atoms with van der Waals surface area (Å²) in [6.45, 7) is 5.23. The molecule has 15 heavy (non-hydrogen) atoms. The molecule has 0 saturated carbocycles. The van der Waals surface area contributed by atoms with Crippen LogP contribution in [0, 0.1) is 0 Å². The minimum absolute atomic E-state index is 0.0757. The number of methoxy groups -OCH3 is 1. The van der Waals surface area contributed by atoms with Crippen molar-refractivity contribution >= 4 is 9.84 Å². The number of rotatable bonds is 9.